The fourth-order valence-corrected chi connectivity index (χ4v) is 3.13. The molecule has 2 aromatic carbocycles. The van der Waals surface area contributed by atoms with Gasteiger partial charge in [0, 0.05) is 10.2 Å². The van der Waals surface area contributed by atoms with Gasteiger partial charge in [-0.2, -0.15) is 0 Å². The molecule has 0 saturated carbocycles. The van der Waals surface area contributed by atoms with E-state index in [1.807, 2.05) is 32.0 Å². The summed E-state index contributed by atoms with van der Waals surface area (Å²) in [5.41, 5.74) is 3.31. The van der Waals surface area contributed by atoms with E-state index < -0.39 is 18.2 Å². The summed E-state index contributed by atoms with van der Waals surface area (Å²) in [6.45, 7) is 3.90. The van der Waals surface area contributed by atoms with Crippen LogP contribution in [0.4, 0.5) is 5.69 Å². The third-order valence-electron chi connectivity index (χ3n) is 3.82. The van der Waals surface area contributed by atoms with E-state index >= 15 is 0 Å². The van der Waals surface area contributed by atoms with E-state index in [1.54, 1.807) is 24.3 Å². The number of rotatable bonds is 4. The van der Waals surface area contributed by atoms with E-state index in [1.165, 1.54) is 0 Å². The van der Waals surface area contributed by atoms with Crippen LogP contribution in [0.25, 0.3) is 0 Å². The average Bonchev–Trinajstić information content (AvgIpc) is 2.85. The topological polar surface area (TPSA) is 64.6 Å². The van der Waals surface area contributed by atoms with Crippen molar-refractivity contribution in [2.24, 2.45) is 0 Å². The molecule has 1 atom stereocenters. The Bertz CT molecular complexity index is 926. The van der Waals surface area contributed by atoms with Crippen LogP contribution >= 0.6 is 27.5 Å². The Balaban J connectivity index is 1.84. The van der Waals surface area contributed by atoms with Crippen molar-refractivity contribution in [2.75, 3.05) is 5.32 Å². The number of esters is 2. The molecule has 0 amide bonds. The lowest BCUT2D eigenvalue weighted by molar-refractivity contribution is -0.152. The molecule has 134 valence electrons. The minimum atomic E-state index is -1.24. The van der Waals surface area contributed by atoms with Gasteiger partial charge in [0.2, 0.25) is 0 Å². The predicted molar refractivity (Wildman–Crippen MR) is 102 cm³/mol. The second-order valence-electron chi connectivity index (χ2n) is 5.79. The summed E-state index contributed by atoms with van der Waals surface area (Å²) >= 11 is 9.35. The van der Waals surface area contributed by atoms with Gasteiger partial charge in [-0.05, 0) is 53.5 Å². The van der Waals surface area contributed by atoms with Gasteiger partial charge in [-0.25, -0.2) is 9.59 Å². The van der Waals surface area contributed by atoms with Crippen LogP contribution in [0.15, 0.2) is 57.7 Å². The van der Waals surface area contributed by atoms with Crippen molar-refractivity contribution in [1.82, 2.24) is 0 Å². The van der Waals surface area contributed by atoms with Crippen LogP contribution in [-0.4, -0.2) is 18.2 Å². The van der Waals surface area contributed by atoms with E-state index in [-0.39, 0.29) is 10.7 Å². The third kappa shape index (κ3) is 3.76. The van der Waals surface area contributed by atoms with E-state index in [9.17, 15) is 9.59 Å². The number of cyclic esters (lactones) is 1. The molecule has 1 aliphatic rings. The number of halogens is 2. The van der Waals surface area contributed by atoms with Crippen LogP contribution in [0.2, 0.25) is 0 Å². The standard InChI is InChI=1S/C19H15BrClNO4/c1-10-7-8-14(11(2)9-10)22-16-15(21)18(24)26-19(16)25-17(23)12-5-3-4-6-13(12)20/h3-9,19,22H,1-2H3. The van der Waals surface area contributed by atoms with Crippen LogP contribution in [0, 0.1) is 13.8 Å². The maximum Gasteiger partial charge on any atom is 0.355 e. The van der Waals surface area contributed by atoms with Crippen LogP contribution < -0.4 is 5.32 Å². The van der Waals surface area contributed by atoms with Gasteiger partial charge in [0.05, 0.1) is 5.56 Å². The van der Waals surface area contributed by atoms with Gasteiger partial charge in [-0.15, -0.1) is 0 Å². The predicted octanol–water partition coefficient (Wildman–Crippen LogP) is 4.67. The smallest absolute Gasteiger partial charge is 0.355 e. The molecule has 0 saturated heterocycles. The van der Waals surface area contributed by atoms with Gasteiger partial charge in [-0.1, -0.05) is 41.4 Å². The number of hydrogen-bond acceptors (Lipinski definition) is 5. The highest BCUT2D eigenvalue weighted by molar-refractivity contribution is 9.10. The maximum absolute atomic E-state index is 12.4. The van der Waals surface area contributed by atoms with E-state index in [0.717, 1.165) is 16.8 Å². The third-order valence-corrected chi connectivity index (χ3v) is 4.87. The molecule has 5 nitrogen and oxygen atoms in total. The SMILES string of the molecule is Cc1ccc(NC2=C(Cl)C(=O)OC2OC(=O)c2ccccc2Br)c(C)c1. The van der Waals surface area contributed by atoms with Gasteiger partial charge in [0.15, 0.2) is 5.03 Å². The number of carbonyl (C=O) groups excluding carboxylic acids is 2. The molecule has 1 unspecified atom stereocenters. The number of aryl methyl sites for hydroxylation is 2. The van der Waals surface area contributed by atoms with Crippen molar-refractivity contribution in [3.05, 3.63) is 74.4 Å². The zero-order chi connectivity index (χ0) is 18.8. The van der Waals surface area contributed by atoms with Crippen molar-refractivity contribution in [1.29, 1.82) is 0 Å². The van der Waals surface area contributed by atoms with Gasteiger partial charge < -0.3 is 14.8 Å². The van der Waals surface area contributed by atoms with Crippen molar-refractivity contribution in [2.45, 2.75) is 20.1 Å². The lowest BCUT2D eigenvalue weighted by atomic mass is 10.1. The Morgan fingerprint density at radius 1 is 1.23 bits per heavy atom. The molecule has 3 rings (SSSR count). The largest absolute Gasteiger partial charge is 0.415 e. The lowest BCUT2D eigenvalue weighted by Crippen LogP contribution is -2.24. The molecule has 0 aliphatic carbocycles. The first kappa shape index (κ1) is 18.5. The first-order valence-electron chi connectivity index (χ1n) is 7.77. The van der Waals surface area contributed by atoms with Gasteiger partial charge in [0.25, 0.3) is 6.29 Å². The summed E-state index contributed by atoms with van der Waals surface area (Å²) in [6, 6.07) is 12.6. The Hall–Kier alpha value is -2.31. The molecule has 0 radical (unpaired) electrons. The minimum Gasteiger partial charge on any atom is -0.415 e. The first-order chi connectivity index (χ1) is 12.4. The lowest BCUT2D eigenvalue weighted by Gasteiger charge is -2.18. The Morgan fingerprint density at radius 3 is 2.65 bits per heavy atom. The normalized spacial score (nSPS) is 16.5. The quantitative estimate of drug-likeness (QED) is 0.706. The van der Waals surface area contributed by atoms with Crippen LogP contribution in [0.1, 0.15) is 21.5 Å². The summed E-state index contributed by atoms with van der Waals surface area (Å²) < 4.78 is 11.0. The summed E-state index contributed by atoms with van der Waals surface area (Å²) in [4.78, 5) is 24.3. The Morgan fingerprint density at radius 2 is 1.96 bits per heavy atom. The molecule has 0 spiro atoms. The minimum absolute atomic E-state index is 0.144. The monoisotopic (exact) mass is 435 g/mol. The highest BCUT2D eigenvalue weighted by atomic mass is 79.9. The molecule has 26 heavy (non-hydrogen) atoms. The van der Waals surface area contributed by atoms with E-state index in [4.69, 9.17) is 21.1 Å². The average molecular weight is 437 g/mol. The van der Waals surface area contributed by atoms with E-state index in [2.05, 4.69) is 21.2 Å². The van der Waals surface area contributed by atoms with Crippen molar-refractivity contribution in [3.8, 4) is 0 Å². The molecule has 7 heteroatoms. The van der Waals surface area contributed by atoms with Crippen LogP contribution in [0.3, 0.4) is 0 Å². The van der Waals surface area contributed by atoms with Gasteiger partial charge >= 0.3 is 11.9 Å². The number of nitrogens with one attached hydrogen (secondary N) is 1. The summed E-state index contributed by atoms with van der Waals surface area (Å²) in [6.07, 6.45) is -1.24. The Kier molecular flexibility index (Phi) is 5.34. The molecule has 0 aromatic heterocycles. The number of benzene rings is 2. The zero-order valence-electron chi connectivity index (χ0n) is 14.0. The number of carbonyl (C=O) groups is 2. The molecule has 0 bridgehead atoms. The van der Waals surface area contributed by atoms with E-state index in [0.29, 0.717) is 10.0 Å². The number of anilines is 1. The van der Waals surface area contributed by atoms with Crippen molar-refractivity contribution in [3.63, 3.8) is 0 Å². The number of ether oxygens (including phenoxy) is 2. The Labute approximate surface area is 164 Å². The van der Waals surface area contributed by atoms with Crippen molar-refractivity contribution >= 4 is 45.2 Å². The fourth-order valence-electron chi connectivity index (χ4n) is 2.50. The summed E-state index contributed by atoms with van der Waals surface area (Å²) in [7, 11) is 0. The molecular weight excluding hydrogens is 422 g/mol. The van der Waals surface area contributed by atoms with Crippen LogP contribution in [0.5, 0.6) is 0 Å². The zero-order valence-corrected chi connectivity index (χ0v) is 16.3. The van der Waals surface area contributed by atoms with Crippen molar-refractivity contribution < 1.29 is 19.1 Å². The highest BCUT2D eigenvalue weighted by Gasteiger charge is 2.37. The second-order valence-corrected chi connectivity index (χ2v) is 7.03. The van der Waals surface area contributed by atoms with Gasteiger partial charge in [0.1, 0.15) is 5.70 Å². The molecule has 1 aliphatic heterocycles. The molecular formula is C19H15BrClNO4. The summed E-state index contributed by atoms with van der Waals surface area (Å²) in [5.74, 6) is -1.38. The van der Waals surface area contributed by atoms with Gasteiger partial charge in [-0.3, -0.25) is 0 Å². The summed E-state index contributed by atoms with van der Waals surface area (Å²) in [5, 5.41) is 2.91. The molecule has 2 aromatic rings. The fraction of sp³-hybridized carbons (Fsp3) is 0.158. The van der Waals surface area contributed by atoms with Crippen LogP contribution in [-0.2, 0) is 14.3 Å². The molecule has 1 heterocycles. The second kappa shape index (κ2) is 7.51. The molecule has 1 N–H and O–H groups in total. The number of hydrogen-bond donors (Lipinski definition) is 1. The maximum atomic E-state index is 12.4. The molecule has 0 fully saturated rings. The highest BCUT2D eigenvalue weighted by Crippen LogP contribution is 2.30. The first-order valence-corrected chi connectivity index (χ1v) is 8.94.